The Labute approximate surface area is 213 Å². The first kappa shape index (κ1) is 29.0. The van der Waals surface area contributed by atoms with Crippen LogP contribution in [0.1, 0.15) is 61.1 Å². The normalized spacial score (nSPS) is 18.5. The first-order valence-corrected chi connectivity index (χ1v) is 12.1. The maximum absolute atomic E-state index is 13.1. The molecule has 14 heteroatoms. The van der Waals surface area contributed by atoms with Crippen molar-refractivity contribution < 1.29 is 33.5 Å². The highest BCUT2D eigenvalue weighted by molar-refractivity contribution is 7.14. The van der Waals surface area contributed by atoms with Crippen LogP contribution < -0.4 is 21.7 Å². The van der Waals surface area contributed by atoms with Gasteiger partial charge >= 0.3 is 12.1 Å². The lowest BCUT2D eigenvalue weighted by atomic mass is 9.99. The molecule has 1 aliphatic heterocycles. The number of nitrogens with zero attached hydrogens (tertiary/aromatic N) is 2. The molecular weight excluding hydrogens is 492 g/mol. The Morgan fingerprint density at radius 1 is 1.11 bits per heavy atom. The first-order chi connectivity index (χ1) is 16.4. The summed E-state index contributed by atoms with van der Waals surface area (Å²) in [6, 6.07) is -1.31. The van der Waals surface area contributed by atoms with Gasteiger partial charge in [0, 0.05) is 11.9 Å². The van der Waals surface area contributed by atoms with Gasteiger partial charge in [-0.05, 0) is 55.4 Å². The van der Waals surface area contributed by atoms with Gasteiger partial charge in [0.05, 0.1) is 6.04 Å². The van der Waals surface area contributed by atoms with E-state index in [1.54, 1.807) is 41.5 Å². The number of nitrogens with one attached hydrogen (secondary N) is 3. The summed E-state index contributed by atoms with van der Waals surface area (Å²) in [6.07, 6.45) is -0.731. The molecule has 1 saturated heterocycles. The largest absolute Gasteiger partial charge is 0.457 e. The second-order valence-electron chi connectivity index (χ2n) is 10.5. The van der Waals surface area contributed by atoms with Crippen LogP contribution in [0.25, 0.3) is 0 Å². The van der Waals surface area contributed by atoms with Crippen LogP contribution >= 0.6 is 11.3 Å². The summed E-state index contributed by atoms with van der Waals surface area (Å²) >= 11 is 1.01. The molecule has 1 unspecified atom stereocenters. The lowest BCUT2D eigenvalue weighted by Crippen LogP contribution is -2.71. The quantitative estimate of drug-likeness (QED) is 0.168. The molecule has 5 N–H and O–H groups in total. The van der Waals surface area contributed by atoms with Crippen molar-refractivity contribution in [1.82, 2.24) is 15.6 Å². The van der Waals surface area contributed by atoms with Gasteiger partial charge in [0.25, 0.3) is 5.91 Å². The Morgan fingerprint density at radius 2 is 1.72 bits per heavy atom. The summed E-state index contributed by atoms with van der Waals surface area (Å²) in [5.41, 5.74) is 2.27. The number of β-lactam (4-membered cyclic amide) rings is 1. The number of ether oxygens (including phenoxy) is 2. The average Bonchev–Trinajstić information content (AvgIpc) is 3.15. The molecule has 0 radical (unpaired) electrons. The lowest BCUT2D eigenvalue weighted by molar-refractivity contribution is -0.179. The third-order valence-corrected chi connectivity index (χ3v) is 5.14. The molecule has 0 saturated carbocycles. The predicted molar refractivity (Wildman–Crippen MR) is 132 cm³/mol. The molecule has 3 amide bonds. The molecule has 0 spiro atoms. The molecule has 1 aromatic heterocycles. The van der Waals surface area contributed by atoms with Crippen molar-refractivity contribution in [3.05, 3.63) is 11.1 Å². The average molecular weight is 527 g/mol. The molecule has 200 valence electrons. The third kappa shape index (κ3) is 8.16. The molecule has 0 aliphatic carbocycles. The van der Waals surface area contributed by atoms with Crippen molar-refractivity contribution in [1.29, 1.82) is 0 Å². The van der Waals surface area contributed by atoms with Crippen LogP contribution in [0.15, 0.2) is 10.5 Å². The van der Waals surface area contributed by atoms with Crippen LogP contribution in [0.2, 0.25) is 0 Å². The van der Waals surface area contributed by atoms with Crippen molar-refractivity contribution >= 4 is 46.1 Å². The van der Waals surface area contributed by atoms with Gasteiger partial charge in [-0.3, -0.25) is 14.9 Å². The highest BCUT2D eigenvalue weighted by atomic mass is 32.1. The summed E-state index contributed by atoms with van der Waals surface area (Å²) in [7, 11) is 0. The van der Waals surface area contributed by atoms with Crippen molar-refractivity contribution in [2.75, 3.05) is 11.9 Å². The van der Waals surface area contributed by atoms with Gasteiger partial charge in [0.1, 0.15) is 22.9 Å². The minimum absolute atomic E-state index is 0.0348. The Kier molecular flexibility index (Phi) is 8.68. The van der Waals surface area contributed by atoms with Gasteiger partial charge in [-0.1, -0.05) is 5.16 Å². The Hall–Kier alpha value is -3.26. The van der Waals surface area contributed by atoms with E-state index in [9.17, 15) is 19.2 Å². The van der Waals surface area contributed by atoms with Gasteiger partial charge in [0.15, 0.2) is 10.8 Å². The zero-order valence-electron chi connectivity index (χ0n) is 21.7. The molecule has 13 nitrogen and oxygen atoms in total. The van der Waals surface area contributed by atoms with E-state index in [4.69, 9.17) is 20.0 Å². The van der Waals surface area contributed by atoms with E-state index in [2.05, 4.69) is 26.1 Å². The van der Waals surface area contributed by atoms with Gasteiger partial charge < -0.3 is 30.7 Å². The Balaban J connectivity index is 2.30. The first-order valence-electron chi connectivity index (χ1n) is 11.2. The molecule has 36 heavy (non-hydrogen) atoms. The summed E-state index contributed by atoms with van der Waals surface area (Å²) in [5.74, 6) is -1.90. The molecule has 0 bridgehead atoms. The number of anilines is 1. The number of rotatable bonds is 8. The summed E-state index contributed by atoms with van der Waals surface area (Å²) in [5, 5.41) is 13.1. The fourth-order valence-electron chi connectivity index (χ4n) is 2.65. The third-order valence-electron chi connectivity index (χ3n) is 4.38. The number of hydrogen-bond donors (Lipinski definition) is 4. The molecule has 1 aliphatic rings. The number of carbonyl (C=O) groups is 4. The topological polar surface area (TPSA) is 183 Å². The van der Waals surface area contributed by atoms with Crippen LogP contribution in [0.4, 0.5) is 9.93 Å². The van der Waals surface area contributed by atoms with Crippen LogP contribution in [-0.2, 0) is 28.7 Å². The summed E-state index contributed by atoms with van der Waals surface area (Å²) < 4.78 is 10.5. The number of carbonyl (C=O) groups excluding carboxylic acids is 4. The van der Waals surface area contributed by atoms with Crippen LogP contribution in [0.3, 0.4) is 0 Å². The van der Waals surface area contributed by atoms with E-state index in [0.29, 0.717) is 0 Å². The smallest absolute Gasteiger partial charge is 0.413 e. The van der Waals surface area contributed by atoms with Crippen molar-refractivity contribution in [3.8, 4) is 0 Å². The maximum atomic E-state index is 13.1. The van der Waals surface area contributed by atoms with Gasteiger partial charge in [-0.2, -0.15) is 0 Å². The fraction of sp³-hybridized carbons (Fsp3) is 0.636. The van der Waals surface area contributed by atoms with E-state index in [-0.39, 0.29) is 23.1 Å². The molecule has 2 heterocycles. The molecule has 2 rings (SSSR count). The van der Waals surface area contributed by atoms with E-state index < -0.39 is 52.8 Å². The van der Waals surface area contributed by atoms with E-state index in [1.165, 1.54) is 19.2 Å². The monoisotopic (exact) mass is 526 g/mol. The number of oxime groups is 1. The van der Waals surface area contributed by atoms with Crippen LogP contribution in [0, 0.1) is 0 Å². The van der Waals surface area contributed by atoms with Crippen molar-refractivity contribution in [2.24, 2.45) is 10.9 Å². The lowest BCUT2D eigenvalue weighted by Gasteiger charge is -2.36. The number of esters is 1. The Morgan fingerprint density at radius 3 is 2.25 bits per heavy atom. The molecule has 1 fully saturated rings. The van der Waals surface area contributed by atoms with Crippen molar-refractivity contribution in [3.63, 3.8) is 0 Å². The zero-order valence-corrected chi connectivity index (χ0v) is 22.5. The van der Waals surface area contributed by atoms with Crippen LogP contribution in [0.5, 0.6) is 0 Å². The summed E-state index contributed by atoms with van der Waals surface area (Å²) in [6.45, 7) is 13.2. The van der Waals surface area contributed by atoms with E-state index in [0.717, 1.165) is 11.3 Å². The van der Waals surface area contributed by atoms with E-state index in [1.807, 2.05) is 0 Å². The highest BCUT2D eigenvalue weighted by Crippen LogP contribution is 2.21. The Bertz CT molecular complexity index is 1040. The minimum Gasteiger partial charge on any atom is -0.457 e. The van der Waals surface area contributed by atoms with Crippen LogP contribution in [-0.4, -0.2) is 70.0 Å². The maximum Gasteiger partial charge on any atom is 0.413 e. The zero-order chi connectivity index (χ0) is 27.5. The molecule has 0 aromatic carbocycles. The number of aromatic nitrogens is 1. The standard InChI is InChI=1S/C22H34N6O7S/c1-20(2,3)33-17(31)22(7,8)35-28-14(16(30)26-13-11(9-23)24-15(13)29)12-10-36-18(25-12)27-19(32)34-21(4,5)6/h10-11,13H,9,23H2,1-8H3,(H,24,29)(H,26,30)(H,25,27,32)/b28-14-/t11-,13?/m1/s1. The predicted octanol–water partition coefficient (Wildman–Crippen LogP) is 1.27. The fourth-order valence-corrected chi connectivity index (χ4v) is 3.33. The molecule has 1 aromatic rings. The highest BCUT2D eigenvalue weighted by Gasteiger charge is 2.41. The van der Waals surface area contributed by atoms with E-state index >= 15 is 0 Å². The second-order valence-corrected chi connectivity index (χ2v) is 11.4. The summed E-state index contributed by atoms with van der Waals surface area (Å²) in [4.78, 5) is 59.2. The number of thiazole rings is 1. The molecule has 2 atom stereocenters. The van der Waals surface area contributed by atoms with Gasteiger partial charge in [0.2, 0.25) is 11.5 Å². The second kappa shape index (κ2) is 10.8. The SMILES string of the molecule is CC(C)(C)OC(=O)Nc1nc(/C(=N/OC(C)(C)C(=O)OC(C)(C)C)C(=O)NC2C(=O)N[C@@H]2CN)cs1. The number of amides is 3. The minimum atomic E-state index is -1.56. The molecular formula is C22H34N6O7S. The van der Waals surface area contributed by atoms with Gasteiger partial charge in [-0.15, -0.1) is 11.3 Å². The van der Waals surface area contributed by atoms with Gasteiger partial charge in [-0.25, -0.2) is 14.6 Å². The number of nitrogens with two attached hydrogens (primary N) is 1. The number of hydrogen-bond acceptors (Lipinski definition) is 11. The van der Waals surface area contributed by atoms with Crippen molar-refractivity contribution in [2.45, 2.75) is 84.3 Å².